The molecule has 0 N–H and O–H groups in total. The fraction of sp³-hybridized carbons (Fsp3) is 0.812. The van der Waals surface area contributed by atoms with Crippen molar-refractivity contribution in [3.63, 3.8) is 0 Å². The molecule has 7 heteroatoms. The van der Waals surface area contributed by atoms with E-state index in [2.05, 4.69) is 10.1 Å². The number of hydrogen-bond acceptors (Lipinski definition) is 6. The highest BCUT2D eigenvalue weighted by Gasteiger charge is 2.27. The molecule has 2 aliphatic rings. The Labute approximate surface area is 145 Å². The SMILES string of the molecule is Cc1noc(C2CCN(C(=O)CCCCC3CCSS3)CC2)n1. The Morgan fingerprint density at radius 2 is 2.13 bits per heavy atom. The third kappa shape index (κ3) is 4.89. The van der Waals surface area contributed by atoms with Gasteiger partial charge in [-0.05, 0) is 39.0 Å². The van der Waals surface area contributed by atoms with E-state index in [4.69, 9.17) is 4.52 Å². The molecule has 0 aromatic carbocycles. The molecular formula is C16H25N3O2S2. The Hall–Kier alpha value is -0.690. The number of aromatic nitrogens is 2. The third-order valence-electron chi connectivity index (χ3n) is 4.63. The lowest BCUT2D eigenvalue weighted by Gasteiger charge is -2.30. The number of rotatable bonds is 6. The first kappa shape index (κ1) is 17.1. The van der Waals surface area contributed by atoms with Gasteiger partial charge in [0.1, 0.15) is 0 Å². The standard InChI is InChI=1S/C16H25N3O2S2/c1-12-17-16(21-18-12)13-6-9-19(10-7-13)15(20)5-3-2-4-14-8-11-22-23-14/h13-14H,2-11H2,1H3. The summed E-state index contributed by atoms with van der Waals surface area (Å²) < 4.78 is 5.26. The van der Waals surface area contributed by atoms with Gasteiger partial charge in [-0.1, -0.05) is 33.2 Å². The molecule has 2 fully saturated rings. The van der Waals surface area contributed by atoms with Gasteiger partial charge in [-0.3, -0.25) is 4.79 Å². The van der Waals surface area contributed by atoms with E-state index < -0.39 is 0 Å². The zero-order chi connectivity index (χ0) is 16.1. The second-order valence-electron chi connectivity index (χ2n) is 6.41. The number of carbonyl (C=O) groups excluding carboxylic acids is 1. The monoisotopic (exact) mass is 355 g/mol. The van der Waals surface area contributed by atoms with Crippen LogP contribution >= 0.6 is 21.6 Å². The lowest BCUT2D eigenvalue weighted by Crippen LogP contribution is -2.37. The first-order valence-electron chi connectivity index (χ1n) is 8.58. The summed E-state index contributed by atoms with van der Waals surface area (Å²) in [5.41, 5.74) is 0. The van der Waals surface area contributed by atoms with Crippen LogP contribution in [0.15, 0.2) is 4.52 Å². The number of likely N-dealkylation sites (tertiary alicyclic amines) is 1. The second kappa shape index (κ2) is 8.42. The number of piperidine rings is 1. The fourth-order valence-corrected chi connectivity index (χ4v) is 6.25. The molecule has 3 rings (SSSR count). The van der Waals surface area contributed by atoms with E-state index in [-0.39, 0.29) is 0 Å². The number of unbranched alkanes of at least 4 members (excludes halogenated alkanes) is 1. The molecule has 0 aliphatic carbocycles. The molecule has 5 nitrogen and oxygen atoms in total. The Morgan fingerprint density at radius 3 is 2.78 bits per heavy atom. The van der Waals surface area contributed by atoms with Crippen LogP contribution < -0.4 is 0 Å². The van der Waals surface area contributed by atoms with Gasteiger partial charge < -0.3 is 9.42 Å². The van der Waals surface area contributed by atoms with Crippen molar-refractivity contribution >= 4 is 27.5 Å². The van der Waals surface area contributed by atoms with Crippen molar-refractivity contribution < 1.29 is 9.32 Å². The molecule has 2 saturated heterocycles. The summed E-state index contributed by atoms with van der Waals surface area (Å²) >= 11 is 0. The highest BCUT2D eigenvalue weighted by Crippen LogP contribution is 2.39. The number of nitrogens with zero attached hydrogens (tertiary/aromatic N) is 3. The van der Waals surface area contributed by atoms with Gasteiger partial charge in [-0.25, -0.2) is 0 Å². The molecule has 1 aromatic rings. The lowest BCUT2D eigenvalue weighted by atomic mass is 9.96. The summed E-state index contributed by atoms with van der Waals surface area (Å²) in [5, 5.41) is 4.68. The third-order valence-corrected chi connectivity index (χ3v) is 7.64. The summed E-state index contributed by atoms with van der Waals surface area (Å²) in [6.07, 6.45) is 7.39. The van der Waals surface area contributed by atoms with Crippen LogP contribution in [0.5, 0.6) is 0 Å². The highest BCUT2D eigenvalue weighted by molar-refractivity contribution is 8.77. The molecule has 2 aliphatic heterocycles. The zero-order valence-electron chi connectivity index (χ0n) is 13.7. The van der Waals surface area contributed by atoms with Crippen LogP contribution in [0.4, 0.5) is 0 Å². The number of hydrogen-bond donors (Lipinski definition) is 0. The van der Waals surface area contributed by atoms with E-state index in [1.54, 1.807) is 0 Å². The van der Waals surface area contributed by atoms with Gasteiger partial charge in [0.05, 0.1) is 0 Å². The van der Waals surface area contributed by atoms with Gasteiger partial charge >= 0.3 is 0 Å². The van der Waals surface area contributed by atoms with Gasteiger partial charge in [0.25, 0.3) is 0 Å². The average molecular weight is 356 g/mol. The highest BCUT2D eigenvalue weighted by atomic mass is 33.1. The molecule has 0 bridgehead atoms. The molecule has 0 saturated carbocycles. The normalized spacial score (nSPS) is 22.7. The molecular weight excluding hydrogens is 330 g/mol. The minimum Gasteiger partial charge on any atom is -0.343 e. The number of carbonyl (C=O) groups is 1. The topological polar surface area (TPSA) is 59.2 Å². The van der Waals surface area contributed by atoms with E-state index in [9.17, 15) is 4.79 Å². The summed E-state index contributed by atoms with van der Waals surface area (Å²) in [4.78, 5) is 18.6. The van der Waals surface area contributed by atoms with Gasteiger partial charge in [0, 0.05) is 36.4 Å². The smallest absolute Gasteiger partial charge is 0.229 e. The van der Waals surface area contributed by atoms with Crippen molar-refractivity contribution in [2.24, 2.45) is 0 Å². The Kier molecular flexibility index (Phi) is 6.28. The Bertz CT molecular complexity index is 509. The van der Waals surface area contributed by atoms with Crippen LogP contribution in [-0.4, -0.2) is 45.0 Å². The molecule has 1 unspecified atom stereocenters. The van der Waals surface area contributed by atoms with E-state index in [0.29, 0.717) is 24.1 Å². The van der Waals surface area contributed by atoms with Crippen LogP contribution in [0.25, 0.3) is 0 Å². The van der Waals surface area contributed by atoms with Crippen molar-refractivity contribution in [1.29, 1.82) is 0 Å². The van der Waals surface area contributed by atoms with Gasteiger partial charge in [0.15, 0.2) is 5.82 Å². The van der Waals surface area contributed by atoms with Crippen molar-refractivity contribution in [2.45, 2.75) is 63.0 Å². The Balaban J connectivity index is 1.33. The van der Waals surface area contributed by atoms with Crippen LogP contribution in [0.2, 0.25) is 0 Å². The first-order chi connectivity index (χ1) is 11.2. The van der Waals surface area contributed by atoms with E-state index in [1.807, 2.05) is 33.4 Å². The van der Waals surface area contributed by atoms with Gasteiger partial charge in [-0.15, -0.1) is 0 Å². The summed E-state index contributed by atoms with van der Waals surface area (Å²) in [7, 11) is 4.02. The minimum absolute atomic E-state index is 0.317. The molecule has 1 atom stereocenters. The van der Waals surface area contributed by atoms with Crippen LogP contribution in [0.1, 0.15) is 62.6 Å². The van der Waals surface area contributed by atoms with Crippen molar-refractivity contribution in [3.8, 4) is 0 Å². The summed E-state index contributed by atoms with van der Waals surface area (Å²) in [5.74, 6) is 3.36. The quantitative estimate of drug-likeness (QED) is 0.571. The maximum atomic E-state index is 12.3. The number of aryl methyl sites for hydroxylation is 1. The molecule has 0 radical (unpaired) electrons. The van der Waals surface area contributed by atoms with Crippen molar-refractivity contribution in [2.75, 3.05) is 18.8 Å². The maximum absolute atomic E-state index is 12.3. The second-order valence-corrected chi connectivity index (χ2v) is 9.20. The summed E-state index contributed by atoms with van der Waals surface area (Å²) in [6.45, 7) is 3.48. The minimum atomic E-state index is 0.317. The molecule has 128 valence electrons. The van der Waals surface area contributed by atoms with E-state index in [1.165, 1.54) is 25.0 Å². The van der Waals surface area contributed by atoms with Gasteiger partial charge in [-0.2, -0.15) is 4.98 Å². The van der Waals surface area contributed by atoms with Gasteiger partial charge in [0.2, 0.25) is 11.8 Å². The fourth-order valence-electron chi connectivity index (χ4n) is 3.23. The lowest BCUT2D eigenvalue weighted by molar-refractivity contribution is -0.132. The van der Waals surface area contributed by atoms with E-state index in [0.717, 1.165) is 43.5 Å². The van der Waals surface area contributed by atoms with Crippen LogP contribution in [0, 0.1) is 6.92 Å². The first-order valence-corrected chi connectivity index (χ1v) is 11.0. The molecule has 1 aromatic heterocycles. The predicted octanol–water partition coefficient (Wildman–Crippen LogP) is 3.80. The summed E-state index contributed by atoms with van der Waals surface area (Å²) in [6, 6.07) is 0. The Morgan fingerprint density at radius 1 is 1.30 bits per heavy atom. The number of amides is 1. The molecule has 3 heterocycles. The molecule has 0 spiro atoms. The van der Waals surface area contributed by atoms with E-state index >= 15 is 0 Å². The van der Waals surface area contributed by atoms with Crippen molar-refractivity contribution in [3.05, 3.63) is 11.7 Å². The molecule has 23 heavy (non-hydrogen) atoms. The van der Waals surface area contributed by atoms with Crippen molar-refractivity contribution in [1.82, 2.24) is 15.0 Å². The zero-order valence-corrected chi connectivity index (χ0v) is 15.3. The van der Waals surface area contributed by atoms with Crippen LogP contribution in [-0.2, 0) is 4.79 Å². The predicted molar refractivity (Wildman–Crippen MR) is 94.5 cm³/mol. The van der Waals surface area contributed by atoms with Crippen LogP contribution in [0.3, 0.4) is 0 Å². The average Bonchev–Trinajstić information content (AvgIpc) is 3.23. The maximum Gasteiger partial charge on any atom is 0.229 e. The molecule has 1 amide bonds. The largest absolute Gasteiger partial charge is 0.343 e.